The van der Waals surface area contributed by atoms with E-state index < -0.39 is 6.17 Å². The molecule has 0 bridgehead atoms. The normalized spacial score (nSPS) is 20.7. The minimum Gasteiger partial charge on any atom is -0.296 e. The van der Waals surface area contributed by atoms with E-state index in [0.29, 0.717) is 18.0 Å². The molecule has 1 unspecified atom stereocenters. The summed E-state index contributed by atoms with van der Waals surface area (Å²) in [5.41, 5.74) is 5.01. The van der Waals surface area contributed by atoms with Crippen molar-refractivity contribution in [1.82, 2.24) is 19.9 Å². The molecule has 28 heavy (non-hydrogen) atoms. The van der Waals surface area contributed by atoms with Crippen LogP contribution in [0.25, 0.3) is 22.2 Å². The average Bonchev–Trinajstić information content (AvgIpc) is 3.42. The minimum atomic E-state index is -0.688. The Morgan fingerprint density at radius 2 is 1.89 bits per heavy atom. The van der Waals surface area contributed by atoms with Crippen molar-refractivity contribution in [3.05, 3.63) is 47.0 Å². The van der Waals surface area contributed by atoms with Crippen molar-refractivity contribution >= 4 is 22.6 Å². The van der Waals surface area contributed by atoms with Crippen LogP contribution in [0.2, 0.25) is 5.02 Å². The van der Waals surface area contributed by atoms with Gasteiger partial charge in [-0.15, -0.1) is 5.10 Å². The maximum Gasteiger partial charge on any atom is 0.132 e. The standard InChI is InChI=1S/C22H24ClFN4/c23-21-19(9-10-20-22(21)25-26-28(20)13-16-3-4-16)17-7-5-15(6-8-17)12-27-11-1-2-18(24)14-27/h5-10,16,18H,1-4,11-14H2. The van der Waals surface area contributed by atoms with Crippen LogP contribution in [0.1, 0.15) is 31.2 Å². The van der Waals surface area contributed by atoms with Gasteiger partial charge in [-0.1, -0.05) is 47.1 Å². The van der Waals surface area contributed by atoms with E-state index in [1.165, 1.54) is 18.4 Å². The fourth-order valence-corrected chi connectivity index (χ4v) is 4.40. The number of rotatable bonds is 5. The average molecular weight is 399 g/mol. The molecule has 2 aromatic carbocycles. The van der Waals surface area contributed by atoms with Crippen LogP contribution in [0.3, 0.4) is 0 Å². The Morgan fingerprint density at radius 3 is 2.64 bits per heavy atom. The number of aromatic nitrogens is 3. The molecule has 1 saturated heterocycles. The summed E-state index contributed by atoms with van der Waals surface area (Å²) in [6, 6.07) is 12.5. The summed E-state index contributed by atoms with van der Waals surface area (Å²) < 4.78 is 15.6. The molecule has 4 nitrogen and oxygen atoms in total. The van der Waals surface area contributed by atoms with Gasteiger partial charge in [0.2, 0.25) is 0 Å². The lowest BCUT2D eigenvalue weighted by Gasteiger charge is -2.28. The van der Waals surface area contributed by atoms with E-state index in [4.69, 9.17) is 11.6 Å². The number of fused-ring (bicyclic) bond motifs is 1. The summed E-state index contributed by atoms with van der Waals surface area (Å²) in [5.74, 6) is 0.739. The smallest absolute Gasteiger partial charge is 0.132 e. The van der Waals surface area contributed by atoms with E-state index in [0.717, 1.165) is 54.1 Å². The minimum absolute atomic E-state index is 0.542. The summed E-state index contributed by atoms with van der Waals surface area (Å²) in [6.07, 6.45) is 3.51. The molecule has 0 N–H and O–H groups in total. The quantitative estimate of drug-likeness (QED) is 0.599. The number of likely N-dealkylation sites (tertiary alicyclic amines) is 1. The summed E-state index contributed by atoms with van der Waals surface area (Å²) in [7, 11) is 0. The first-order chi connectivity index (χ1) is 13.7. The molecule has 2 fully saturated rings. The molecule has 0 radical (unpaired) electrons. The van der Waals surface area contributed by atoms with Crippen molar-refractivity contribution < 1.29 is 4.39 Å². The fourth-order valence-electron chi connectivity index (χ4n) is 4.10. The van der Waals surface area contributed by atoms with Gasteiger partial charge in [0, 0.05) is 25.2 Å². The topological polar surface area (TPSA) is 34.0 Å². The molecular formula is C22H24ClFN4. The highest BCUT2D eigenvalue weighted by molar-refractivity contribution is 6.37. The molecule has 146 valence electrons. The second kappa shape index (κ2) is 7.45. The number of nitrogens with zero attached hydrogens (tertiary/aromatic N) is 4. The van der Waals surface area contributed by atoms with Gasteiger partial charge in [0.05, 0.1) is 10.5 Å². The van der Waals surface area contributed by atoms with Gasteiger partial charge in [-0.3, -0.25) is 4.90 Å². The van der Waals surface area contributed by atoms with E-state index in [1.54, 1.807) is 0 Å². The maximum absolute atomic E-state index is 13.6. The van der Waals surface area contributed by atoms with E-state index in [9.17, 15) is 4.39 Å². The van der Waals surface area contributed by atoms with Crippen LogP contribution in [0.4, 0.5) is 4.39 Å². The third-order valence-corrected chi connectivity index (χ3v) is 6.26. The van der Waals surface area contributed by atoms with Crippen LogP contribution in [0.5, 0.6) is 0 Å². The first-order valence-corrected chi connectivity index (χ1v) is 10.5. The highest BCUT2D eigenvalue weighted by atomic mass is 35.5. The van der Waals surface area contributed by atoms with Crippen LogP contribution in [-0.2, 0) is 13.1 Å². The summed E-state index contributed by atoms with van der Waals surface area (Å²) >= 11 is 6.69. The van der Waals surface area contributed by atoms with Gasteiger partial charge >= 0.3 is 0 Å². The molecule has 1 aromatic heterocycles. The third kappa shape index (κ3) is 3.65. The fraction of sp³-hybridized carbons (Fsp3) is 0.455. The first-order valence-electron chi connectivity index (χ1n) is 10.1. The van der Waals surface area contributed by atoms with E-state index in [-0.39, 0.29) is 0 Å². The molecule has 1 aliphatic heterocycles. The van der Waals surface area contributed by atoms with Gasteiger partial charge < -0.3 is 0 Å². The van der Waals surface area contributed by atoms with E-state index >= 15 is 0 Å². The molecular weight excluding hydrogens is 375 g/mol. The Kier molecular flexibility index (Phi) is 4.81. The summed E-state index contributed by atoms with van der Waals surface area (Å²) in [4.78, 5) is 2.19. The third-order valence-electron chi connectivity index (χ3n) is 5.87. The van der Waals surface area contributed by atoms with Gasteiger partial charge in [0.25, 0.3) is 0 Å². The van der Waals surface area contributed by atoms with Crippen molar-refractivity contribution in [2.24, 2.45) is 5.92 Å². The molecule has 3 aromatic rings. The predicted octanol–water partition coefficient (Wildman–Crippen LogP) is 5.10. The number of halogens is 2. The van der Waals surface area contributed by atoms with Gasteiger partial charge in [0.1, 0.15) is 11.7 Å². The molecule has 5 rings (SSSR count). The monoisotopic (exact) mass is 398 g/mol. The van der Waals surface area contributed by atoms with Crippen molar-refractivity contribution in [2.45, 2.75) is 44.9 Å². The molecule has 0 amide bonds. The molecule has 1 aliphatic carbocycles. The summed E-state index contributed by atoms with van der Waals surface area (Å²) in [6.45, 7) is 3.24. The number of benzene rings is 2. The van der Waals surface area contributed by atoms with Crippen molar-refractivity contribution in [3.8, 4) is 11.1 Å². The Balaban J connectivity index is 1.36. The number of piperidine rings is 1. The second-order valence-electron chi connectivity index (χ2n) is 8.18. The Hall–Kier alpha value is -1.98. The molecule has 1 saturated carbocycles. The Labute approximate surface area is 169 Å². The van der Waals surface area contributed by atoms with E-state index in [1.807, 2.05) is 4.68 Å². The van der Waals surface area contributed by atoms with Gasteiger partial charge in [0.15, 0.2) is 0 Å². The number of alkyl halides is 1. The molecule has 0 spiro atoms. The lowest BCUT2D eigenvalue weighted by molar-refractivity contribution is 0.133. The zero-order valence-corrected chi connectivity index (χ0v) is 16.6. The van der Waals surface area contributed by atoms with Crippen LogP contribution in [-0.4, -0.2) is 39.2 Å². The SMILES string of the molecule is FC1CCCN(Cc2ccc(-c3ccc4c(nnn4CC4CC4)c3Cl)cc2)C1. The van der Waals surface area contributed by atoms with Crippen LogP contribution in [0, 0.1) is 5.92 Å². The van der Waals surface area contributed by atoms with Crippen molar-refractivity contribution in [2.75, 3.05) is 13.1 Å². The van der Waals surface area contributed by atoms with Crippen LogP contribution < -0.4 is 0 Å². The second-order valence-corrected chi connectivity index (χ2v) is 8.56. The lowest BCUT2D eigenvalue weighted by Crippen LogP contribution is -2.35. The highest BCUT2D eigenvalue weighted by Crippen LogP contribution is 2.35. The van der Waals surface area contributed by atoms with Crippen molar-refractivity contribution in [1.29, 1.82) is 0 Å². The predicted molar refractivity (Wildman–Crippen MR) is 110 cm³/mol. The zero-order valence-electron chi connectivity index (χ0n) is 15.8. The molecule has 2 heterocycles. The van der Waals surface area contributed by atoms with Gasteiger partial charge in [-0.2, -0.15) is 0 Å². The molecule has 2 aliphatic rings. The van der Waals surface area contributed by atoms with Gasteiger partial charge in [-0.05, 0) is 55.3 Å². The highest BCUT2D eigenvalue weighted by Gasteiger charge is 2.24. The lowest BCUT2D eigenvalue weighted by atomic mass is 10.0. The molecule has 6 heteroatoms. The van der Waals surface area contributed by atoms with Crippen LogP contribution >= 0.6 is 11.6 Å². The van der Waals surface area contributed by atoms with Crippen LogP contribution in [0.15, 0.2) is 36.4 Å². The molecule has 1 atom stereocenters. The number of hydrogen-bond acceptors (Lipinski definition) is 3. The Morgan fingerprint density at radius 1 is 1.07 bits per heavy atom. The maximum atomic E-state index is 13.6. The van der Waals surface area contributed by atoms with Gasteiger partial charge in [-0.25, -0.2) is 9.07 Å². The summed E-state index contributed by atoms with van der Waals surface area (Å²) in [5, 5.41) is 9.28. The first kappa shape index (κ1) is 18.1. The Bertz CT molecular complexity index is 980. The zero-order chi connectivity index (χ0) is 19.1. The number of hydrogen-bond donors (Lipinski definition) is 0. The largest absolute Gasteiger partial charge is 0.296 e. The van der Waals surface area contributed by atoms with E-state index in [2.05, 4.69) is 51.6 Å². The van der Waals surface area contributed by atoms with Crippen molar-refractivity contribution in [3.63, 3.8) is 0 Å².